The van der Waals surface area contributed by atoms with E-state index in [0.29, 0.717) is 30.0 Å². The highest BCUT2D eigenvalue weighted by Crippen LogP contribution is 2.43. The molecule has 1 aliphatic rings. The number of benzene rings is 2. The zero-order chi connectivity index (χ0) is 22.3. The zero-order valence-electron chi connectivity index (χ0n) is 17.8. The van der Waals surface area contributed by atoms with Gasteiger partial charge in [0, 0.05) is 12.0 Å². The molecule has 0 unspecified atom stereocenters. The van der Waals surface area contributed by atoms with Crippen LogP contribution in [0.4, 0.5) is 13.2 Å². The van der Waals surface area contributed by atoms with E-state index >= 15 is 0 Å². The van der Waals surface area contributed by atoms with E-state index in [1.54, 1.807) is 17.0 Å². The molecule has 1 amide bonds. The number of rotatable bonds is 3. The smallest absolute Gasteiger partial charge is 0.416 e. The third-order valence-corrected chi connectivity index (χ3v) is 5.31. The molecule has 0 fully saturated rings. The third-order valence-electron chi connectivity index (χ3n) is 5.31. The van der Waals surface area contributed by atoms with Crippen molar-refractivity contribution in [1.82, 2.24) is 4.90 Å². The van der Waals surface area contributed by atoms with Crippen molar-refractivity contribution < 1.29 is 27.4 Å². The summed E-state index contributed by atoms with van der Waals surface area (Å²) in [7, 11) is 3.04. The molecule has 0 spiro atoms. The molecule has 4 nitrogen and oxygen atoms in total. The van der Waals surface area contributed by atoms with E-state index in [9.17, 15) is 18.0 Å². The summed E-state index contributed by atoms with van der Waals surface area (Å²) in [6.07, 6.45) is -3.89. The van der Waals surface area contributed by atoms with Crippen LogP contribution in [-0.2, 0) is 17.4 Å². The largest absolute Gasteiger partial charge is 0.493 e. The second-order valence-corrected chi connectivity index (χ2v) is 8.43. The van der Waals surface area contributed by atoms with Gasteiger partial charge in [-0.15, -0.1) is 0 Å². The Morgan fingerprint density at radius 2 is 1.67 bits per heavy atom. The third kappa shape index (κ3) is 4.11. The first-order chi connectivity index (χ1) is 14.0. The standard InChI is InChI=1S/C23H26F3NO3/c1-22(2,3)21(28)27-10-9-14-12-18(29-4)19(30-5)13-17(14)20(27)15-7-6-8-16(11-15)23(24,25)26/h6-8,11-13,20H,9-10H2,1-5H3/t20-/m0/s1. The van der Waals surface area contributed by atoms with Crippen LogP contribution < -0.4 is 9.47 Å². The fraction of sp³-hybridized carbons (Fsp3) is 0.435. The molecule has 2 aromatic rings. The van der Waals surface area contributed by atoms with Crippen LogP contribution in [0.15, 0.2) is 36.4 Å². The Bertz CT molecular complexity index is 948. The van der Waals surface area contributed by atoms with Gasteiger partial charge in [0.15, 0.2) is 11.5 Å². The van der Waals surface area contributed by atoms with Gasteiger partial charge in [-0.3, -0.25) is 4.79 Å². The van der Waals surface area contributed by atoms with Crippen LogP contribution in [0.25, 0.3) is 0 Å². The number of nitrogens with zero attached hydrogens (tertiary/aromatic N) is 1. The average Bonchev–Trinajstić information content (AvgIpc) is 2.70. The van der Waals surface area contributed by atoms with Crippen LogP contribution in [0.5, 0.6) is 11.5 Å². The summed E-state index contributed by atoms with van der Waals surface area (Å²) in [5.74, 6) is 0.901. The molecule has 1 atom stereocenters. The molecule has 30 heavy (non-hydrogen) atoms. The first-order valence-electron chi connectivity index (χ1n) is 9.70. The highest BCUT2D eigenvalue weighted by atomic mass is 19.4. The Morgan fingerprint density at radius 3 is 2.23 bits per heavy atom. The van der Waals surface area contributed by atoms with Gasteiger partial charge in [-0.05, 0) is 47.4 Å². The lowest BCUT2D eigenvalue weighted by Gasteiger charge is -2.41. The van der Waals surface area contributed by atoms with Crippen LogP contribution in [0, 0.1) is 5.41 Å². The highest BCUT2D eigenvalue weighted by molar-refractivity contribution is 5.83. The molecular formula is C23H26F3NO3. The predicted molar refractivity (Wildman–Crippen MR) is 108 cm³/mol. The number of ether oxygens (including phenoxy) is 2. The van der Waals surface area contributed by atoms with E-state index in [1.165, 1.54) is 20.3 Å². The molecular weight excluding hydrogens is 395 g/mol. The highest BCUT2D eigenvalue weighted by Gasteiger charge is 2.39. The Labute approximate surface area is 174 Å². The molecule has 0 bridgehead atoms. The normalized spacial score (nSPS) is 16.8. The maximum absolute atomic E-state index is 13.4. The Morgan fingerprint density at radius 1 is 1.03 bits per heavy atom. The van der Waals surface area contributed by atoms with E-state index in [-0.39, 0.29) is 5.91 Å². The van der Waals surface area contributed by atoms with Crippen molar-refractivity contribution in [3.63, 3.8) is 0 Å². The summed E-state index contributed by atoms with van der Waals surface area (Å²) in [4.78, 5) is 14.9. The lowest BCUT2D eigenvalue weighted by molar-refractivity contribution is -0.141. The van der Waals surface area contributed by atoms with Crippen LogP contribution in [0.1, 0.15) is 49.1 Å². The molecule has 0 aliphatic carbocycles. The molecule has 162 valence electrons. The fourth-order valence-electron chi connectivity index (χ4n) is 3.84. The van der Waals surface area contributed by atoms with E-state index < -0.39 is 23.2 Å². The van der Waals surface area contributed by atoms with Crippen molar-refractivity contribution >= 4 is 5.91 Å². The van der Waals surface area contributed by atoms with Gasteiger partial charge in [0.25, 0.3) is 0 Å². The fourth-order valence-corrected chi connectivity index (χ4v) is 3.84. The lowest BCUT2D eigenvalue weighted by Crippen LogP contribution is -2.45. The van der Waals surface area contributed by atoms with Gasteiger partial charge in [0.1, 0.15) is 0 Å². The summed E-state index contributed by atoms with van der Waals surface area (Å²) in [6, 6.07) is 8.13. The number of fused-ring (bicyclic) bond motifs is 1. The molecule has 0 aromatic heterocycles. The van der Waals surface area contributed by atoms with Gasteiger partial charge in [0.05, 0.1) is 25.8 Å². The number of carbonyl (C=O) groups excluding carboxylic acids is 1. The van der Waals surface area contributed by atoms with Crippen LogP contribution in [-0.4, -0.2) is 31.6 Å². The topological polar surface area (TPSA) is 38.8 Å². The molecule has 0 radical (unpaired) electrons. The minimum atomic E-state index is -4.47. The van der Waals surface area contributed by atoms with Crippen LogP contribution in [0.3, 0.4) is 0 Å². The maximum atomic E-state index is 13.4. The molecule has 1 heterocycles. The van der Waals surface area contributed by atoms with Crippen LogP contribution >= 0.6 is 0 Å². The number of carbonyl (C=O) groups is 1. The number of hydrogen-bond donors (Lipinski definition) is 0. The maximum Gasteiger partial charge on any atom is 0.416 e. The van der Waals surface area contributed by atoms with Gasteiger partial charge < -0.3 is 14.4 Å². The number of alkyl halides is 3. The monoisotopic (exact) mass is 421 g/mol. The second-order valence-electron chi connectivity index (χ2n) is 8.43. The van der Waals surface area contributed by atoms with Crippen molar-refractivity contribution in [2.45, 2.75) is 39.4 Å². The van der Waals surface area contributed by atoms with Crippen molar-refractivity contribution in [2.24, 2.45) is 5.41 Å². The molecule has 7 heteroatoms. The quantitative estimate of drug-likeness (QED) is 0.680. The zero-order valence-corrected chi connectivity index (χ0v) is 17.8. The van der Waals surface area contributed by atoms with E-state index in [2.05, 4.69) is 0 Å². The summed E-state index contributed by atoms with van der Waals surface area (Å²) in [6.45, 7) is 5.83. The minimum Gasteiger partial charge on any atom is -0.493 e. The van der Waals surface area contributed by atoms with Gasteiger partial charge in [0.2, 0.25) is 5.91 Å². The second kappa shape index (κ2) is 7.85. The number of methoxy groups -OCH3 is 2. The predicted octanol–water partition coefficient (Wildman–Crippen LogP) is 5.24. The number of amides is 1. The first kappa shape index (κ1) is 22.0. The molecule has 3 rings (SSSR count). The summed E-state index contributed by atoms with van der Waals surface area (Å²) in [5, 5.41) is 0. The Balaban J connectivity index is 2.22. The van der Waals surface area contributed by atoms with Crippen molar-refractivity contribution in [3.05, 3.63) is 58.7 Å². The first-order valence-corrected chi connectivity index (χ1v) is 9.70. The van der Waals surface area contributed by atoms with Gasteiger partial charge in [-0.25, -0.2) is 0 Å². The van der Waals surface area contributed by atoms with Gasteiger partial charge in [-0.2, -0.15) is 13.2 Å². The summed E-state index contributed by atoms with van der Waals surface area (Å²) < 4.78 is 50.9. The van der Waals surface area contributed by atoms with Gasteiger partial charge in [-0.1, -0.05) is 32.9 Å². The van der Waals surface area contributed by atoms with Crippen molar-refractivity contribution in [3.8, 4) is 11.5 Å². The summed E-state index contributed by atoms with van der Waals surface area (Å²) >= 11 is 0. The molecule has 0 saturated heterocycles. The van der Waals surface area contributed by atoms with Crippen molar-refractivity contribution in [2.75, 3.05) is 20.8 Å². The van der Waals surface area contributed by atoms with Crippen LogP contribution in [0.2, 0.25) is 0 Å². The average molecular weight is 421 g/mol. The Kier molecular flexibility index (Phi) is 5.76. The van der Waals surface area contributed by atoms with E-state index in [0.717, 1.165) is 23.3 Å². The minimum absolute atomic E-state index is 0.120. The number of hydrogen-bond acceptors (Lipinski definition) is 3. The molecule has 0 saturated carbocycles. The van der Waals surface area contributed by atoms with Crippen molar-refractivity contribution in [1.29, 1.82) is 0 Å². The lowest BCUT2D eigenvalue weighted by atomic mass is 9.84. The Hall–Kier alpha value is -2.70. The molecule has 1 aliphatic heterocycles. The van der Waals surface area contributed by atoms with Gasteiger partial charge >= 0.3 is 6.18 Å². The summed E-state index contributed by atoms with van der Waals surface area (Å²) in [5.41, 5.74) is 0.670. The van der Waals surface area contributed by atoms with E-state index in [1.807, 2.05) is 26.8 Å². The molecule has 0 N–H and O–H groups in total. The molecule has 2 aromatic carbocycles. The number of halogens is 3. The van der Waals surface area contributed by atoms with E-state index in [4.69, 9.17) is 9.47 Å². The SMILES string of the molecule is COc1cc2c(cc1OC)[C@H](c1cccc(C(F)(F)F)c1)N(C(=O)C(C)(C)C)CC2.